The zero-order valence-corrected chi connectivity index (χ0v) is 21.0. The second-order valence-corrected chi connectivity index (χ2v) is 9.54. The number of aromatic nitrogens is 1. The molecule has 9 nitrogen and oxygen atoms in total. The third-order valence-corrected chi connectivity index (χ3v) is 6.92. The van der Waals surface area contributed by atoms with Crippen molar-refractivity contribution < 1.29 is 45.5 Å². The van der Waals surface area contributed by atoms with E-state index in [0.29, 0.717) is 69.9 Å². The van der Waals surface area contributed by atoms with Crippen LogP contribution in [0.5, 0.6) is 5.75 Å². The van der Waals surface area contributed by atoms with Gasteiger partial charge in [-0.1, -0.05) is 0 Å². The molecule has 1 aromatic heterocycles. The SMILES string of the molecule is O=CC(OC1CCC(Oc2ccc([N+](=O)[O-])c(C(F)(F)F)c2)CC1)N1CCN(c2ccc(C(F)(F)F)nc2)CC1. The number of alkyl halides is 6. The first-order valence-corrected chi connectivity index (χ1v) is 12.5. The molecule has 1 unspecified atom stereocenters. The van der Waals surface area contributed by atoms with Crippen molar-refractivity contribution in [1.29, 1.82) is 0 Å². The van der Waals surface area contributed by atoms with Gasteiger partial charge in [-0.05, 0) is 49.9 Å². The van der Waals surface area contributed by atoms with Gasteiger partial charge in [0.2, 0.25) is 0 Å². The molecule has 2 aliphatic rings. The number of benzene rings is 1. The van der Waals surface area contributed by atoms with Gasteiger partial charge in [0.05, 0.1) is 29.0 Å². The van der Waals surface area contributed by atoms with E-state index < -0.39 is 46.6 Å². The quantitative estimate of drug-likeness (QED) is 0.186. The number of anilines is 1. The number of halogens is 6. The molecule has 2 heterocycles. The molecular formula is C25H26F6N4O5. The average molecular weight is 576 g/mol. The summed E-state index contributed by atoms with van der Waals surface area (Å²) in [5.74, 6) is -0.117. The van der Waals surface area contributed by atoms with Crippen LogP contribution in [0.3, 0.4) is 0 Å². The van der Waals surface area contributed by atoms with Gasteiger partial charge in [0.1, 0.15) is 17.0 Å². The molecule has 2 fully saturated rings. The third kappa shape index (κ3) is 7.18. The monoisotopic (exact) mass is 576 g/mol. The number of nitro benzene ring substituents is 1. The van der Waals surface area contributed by atoms with Crippen molar-refractivity contribution in [2.45, 2.75) is 56.5 Å². The fourth-order valence-electron chi connectivity index (χ4n) is 4.83. The van der Waals surface area contributed by atoms with Crippen molar-refractivity contribution in [3.63, 3.8) is 0 Å². The Kier molecular flexibility index (Phi) is 8.83. The topological polar surface area (TPSA) is 98.0 Å². The maximum absolute atomic E-state index is 13.2. The Morgan fingerprint density at radius 1 is 0.950 bits per heavy atom. The fourth-order valence-corrected chi connectivity index (χ4v) is 4.83. The van der Waals surface area contributed by atoms with Gasteiger partial charge in [0.25, 0.3) is 5.69 Å². The summed E-state index contributed by atoms with van der Waals surface area (Å²) in [4.78, 5) is 28.8. The van der Waals surface area contributed by atoms with E-state index in [2.05, 4.69) is 4.98 Å². The average Bonchev–Trinajstić information content (AvgIpc) is 2.92. The molecule has 1 saturated carbocycles. The smallest absolute Gasteiger partial charge is 0.433 e. The minimum atomic E-state index is -4.91. The number of aldehydes is 1. The second-order valence-electron chi connectivity index (χ2n) is 9.54. The lowest BCUT2D eigenvalue weighted by Gasteiger charge is -2.40. The maximum Gasteiger partial charge on any atom is 0.433 e. The van der Waals surface area contributed by atoms with E-state index in [1.807, 2.05) is 9.80 Å². The number of hydrogen-bond acceptors (Lipinski definition) is 8. The van der Waals surface area contributed by atoms with Crippen LogP contribution in [-0.2, 0) is 21.9 Å². The highest BCUT2D eigenvalue weighted by atomic mass is 19.4. The summed E-state index contributed by atoms with van der Waals surface area (Å²) in [6.45, 7) is 1.78. The summed E-state index contributed by atoms with van der Waals surface area (Å²) in [5.41, 5.74) is -2.85. The van der Waals surface area contributed by atoms with Gasteiger partial charge in [-0.2, -0.15) is 26.3 Å². The van der Waals surface area contributed by atoms with E-state index in [0.717, 1.165) is 18.2 Å². The molecule has 1 aromatic carbocycles. The third-order valence-electron chi connectivity index (χ3n) is 6.92. The highest BCUT2D eigenvalue weighted by Crippen LogP contribution is 2.39. The molecule has 0 amide bonds. The summed E-state index contributed by atoms with van der Waals surface area (Å²) in [6.07, 6.45) is -7.20. The molecule has 15 heteroatoms. The van der Waals surface area contributed by atoms with Gasteiger partial charge >= 0.3 is 12.4 Å². The predicted octanol–water partition coefficient (Wildman–Crippen LogP) is 5.08. The molecule has 218 valence electrons. The Morgan fingerprint density at radius 2 is 1.60 bits per heavy atom. The highest BCUT2D eigenvalue weighted by Gasteiger charge is 2.39. The molecule has 1 aliphatic carbocycles. The molecular weight excluding hydrogens is 550 g/mol. The number of carbonyl (C=O) groups is 1. The van der Waals surface area contributed by atoms with E-state index in [-0.39, 0.29) is 11.9 Å². The molecule has 4 rings (SSSR count). The minimum absolute atomic E-state index is 0.117. The van der Waals surface area contributed by atoms with Gasteiger partial charge in [-0.25, -0.2) is 4.98 Å². The van der Waals surface area contributed by atoms with Crippen LogP contribution in [0.1, 0.15) is 36.9 Å². The van der Waals surface area contributed by atoms with Crippen molar-refractivity contribution in [3.05, 3.63) is 57.9 Å². The number of carbonyl (C=O) groups excluding carboxylic acids is 1. The highest BCUT2D eigenvalue weighted by molar-refractivity contribution is 5.55. The minimum Gasteiger partial charge on any atom is -0.490 e. The molecule has 0 bridgehead atoms. The first-order valence-electron chi connectivity index (χ1n) is 12.5. The Morgan fingerprint density at radius 3 is 2.12 bits per heavy atom. The summed E-state index contributed by atoms with van der Waals surface area (Å²) < 4.78 is 89.6. The number of rotatable bonds is 8. The van der Waals surface area contributed by atoms with Gasteiger partial charge in [0.15, 0.2) is 12.5 Å². The van der Waals surface area contributed by atoms with E-state index in [1.165, 1.54) is 12.3 Å². The standard InChI is InChI=1S/C25H26F6N4O5/c26-24(27,28)20-13-19(6-7-21(20)35(37)38)39-17-2-4-18(5-3-17)40-23(15-36)34-11-9-33(10-12-34)16-1-8-22(32-14-16)25(29,30)31/h1,6-8,13-15,17-18,23H,2-5,9-12H2. The van der Waals surface area contributed by atoms with Crippen LogP contribution in [-0.4, -0.2) is 65.7 Å². The summed E-state index contributed by atoms with van der Waals surface area (Å²) in [7, 11) is 0. The Hall–Kier alpha value is -3.46. The first-order chi connectivity index (χ1) is 18.8. The van der Waals surface area contributed by atoms with Crippen LogP contribution in [0.25, 0.3) is 0 Å². The van der Waals surface area contributed by atoms with Crippen molar-refractivity contribution in [3.8, 4) is 5.75 Å². The molecule has 2 aromatic rings. The zero-order chi connectivity index (χ0) is 29.1. The molecule has 0 radical (unpaired) electrons. The largest absolute Gasteiger partial charge is 0.490 e. The Bertz CT molecular complexity index is 1180. The van der Waals surface area contributed by atoms with E-state index >= 15 is 0 Å². The molecule has 40 heavy (non-hydrogen) atoms. The zero-order valence-electron chi connectivity index (χ0n) is 21.0. The lowest BCUT2D eigenvalue weighted by atomic mass is 9.94. The van der Waals surface area contributed by atoms with E-state index in [9.17, 15) is 41.3 Å². The maximum atomic E-state index is 13.2. The Labute approximate surface area is 224 Å². The number of ether oxygens (including phenoxy) is 2. The lowest BCUT2D eigenvalue weighted by Crippen LogP contribution is -2.52. The van der Waals surface area contributed by atoms with Crippen LogP contribution in [0, 0.1) is 10.1 Å². The van der Waals surface area contributed by atoms with Crippen molar-refractivity contribution >= 4 is 17.7 Å². The van der Waals surface area contributed by atoms with Crippen molar-refractivity contribution in [2.24, 2.45) is 0 Å². The molecule has 1 atom stereocenters. The summed E-state index contributed by atoms with van der Waals surface area (Å²) >= 11 is 0. The van der Waals surface area contributed by atoms with Gasteiger partial charge in [-0.15, -0.1) is 0 Å². The molecule has 0 spiro atoms. The number of nitrogens with zero attached hydrogens (tertiary/aromatic N) is 4. The first kappa shape index (κ1) is 29.5. The summed E-state index contributed by atoms with van der Waals surface area (Å²) in [6, 6.07) is 4.83. The van der Waals surface area contributed by atoms with E-state index in [1.54, 1.807) is 0 Å². The van der Waals surface area contributed by atoms with Crippen molar-refractivity contribution in [2.75, 3.05) is 31.1 Å². The van der Waals surface area contributed by atoms with Gasteiger partial charge < -0.3 is 14.4 Å². The number of pyridine rings is 1. The number of piperazine rings is 1. The number of hydrogen-bond donors (Lipinski definition) is 0. The van der Waals surface area contributed by atoms with E-state index in [4.69, 9.17) is 9.47 Å². The number of nitro groups is 1. The molecule has 0 N–H and O–H groups in total. The predicted molar refractivity (Wildman–Crippen MR) is 129 cm³/mol. The van der Waals surface area contributed by atoms with Crippen LogP contribution in [0.2, 0.25) is 0 Å². The van der Waals surface area contributed by atoms with Crippen LogP contribution in [0.4, 0.5) is 37.7 Å². The van der Waals surface area contributed by atoms with Crippen LogP contribution >= 0.6 is 0 Å². The lowest BCUT2D eigenvalue weighted by molar-refractivity contribution is -0.388. The second kappa shape index (κ2) is 12.0. The normalized spacial score (nSPS) is 21.6. The summed E-state index contributed by atoms with van der Waals surface area (Å²) in [5, 5.41) is 10.9. The molecule has 1 saturated heterocycles. The van der Waals surface area contributed by atoms with Crippen LogP contribution in [0.15, 0.2) is 36.5 Å². The van der Waals surface area contributed by atoms with Gasteiger partial charge in [-0.3, -0.25) is 19.8 Å². The fraction of sp³-hybridized carbons (Fsp3) is 0.520. The van der Waals surface area contributed by atoms with Crippen LogP contribution < -0.4 is 9.64 Å². The van der Waals surface area contributed by atoms with Gasteiger partial charge in [0, 0.05) is 32.2 Å². The molecule has 1 aliphatic heterocycles. The van der Waals surface area contributed by atoms with Crippen molar-refractivity contribution in [1.82, 2.24) is 9.88 Å². The Balaban J connectivity index is 1.26.